The molecule has 1 unspecified atom stereocenters. The number of hydrogen-bond acceptors (Lipinski definition) is 5. The largest absolute Gasteiger partial charge is 0.373 e. The van der Waals surface area contributed by atoms with Crippen molar-refractivity contribution in [1.82, 2.24) is 4.90 Å². The van der Waals surface area contributed by atoms with Crippen LogP contribution in [0.15, 0.2) is 18.2 Å². The predicted molar refractivity (Wildman–Crippen MR) is 67.8 cm³/mol. The summed E-state index contributed by atoms with van der Waals surface area (Å²) in [5.74, 6) is -1.27. The third-order valence-electron chi connectivity index (χ3n) is 3.08. The minimum absolute atomic E-state index is 0.130. The normalized spacial score (nSPS) is 18.9. The molecule has 8 heteroatoms. The molecule has 7 nitrogen and oxygen atoms in total. The zero-order valence-electron chi connectivity index (χ0n) is 10.6. The Morgan fingerprint density at radius 1 is 1.60 bits per heavy atom. The molecular weight excluding hydrogens is 269 g/mol. The number of amides is 1. The Labute approximate surface area is 114 Å². The molecule has 0 bridgehead atoms. The van der Waals surface area contributed by atoms with Gasteiger partial charge in [-0.2, -0.15) is 0 Å². The molecule has 1 amide bonds. The number of carbonyl (C=O) groups is 1. The number of benzene rings is 1. The molecule has 1 atom stereocenters. The van der Waals surface area contributed by atoms with Crippen molar-refractivity contribution in [2.24, 2.45) is 5.73 Å². The minimum atomic E-state index is -0.767. The lowest BCUT2D eigenvalue weighted by molar-refractivity contribution is -0.385. The average Bonchev–Trinajstić information content (AvgIpc) is 2.46. The van der Waals surface area contributed by atoms with E-state index in [9.17, 15) is 19.3 Å². The van der Waals surface area contributed by atoms with Crippen LogP contribution < -0.4 is 5.73 Å². The van der Waals surface area contributed by atoms with Gasteiger partial charge in [0.25, 0.3) is 11.6 Å². The fourth-order valence-electron chi connectivity index (χ4n) is 2.05. The van der Waals surface area contributed by atoms with E-state index in [2.05, 4.69) is 0 Å². The van der Waals surface area contributed by atoms with Crippen LogP contribution in [0.5, 0.6) is 0 Å². The highest BCUT2D eigenvalue weighted by molar-refractivity contribution is 5.98. The molecule has 20 heavy (non-hydrogen) atoms. The average molecular weight is 283 g/mol. The molecule has 2 rings (SSSR count). The maximum atomic E-state index is 13.1. The van der Waals surface area contributed by atoms with Crippen LogP contribution in [0.1, 0.15) is 10.4 Å². The van der Waals surface area contributed by atoms with Crippen LogP contribution in [0.25, 0.3) is 0 Å². The van der Waals surface area contributed by atoms with Crippen molar-refractivity contribution >= 4 is 11.6 Å². The Morgan fingerprint density at radius 2 is 2.35 bits per heavy atom. The van der Waals surface area contributed by atoms with Gasteiger partial charge in [-0.25, -0.2) is 4.39 Å². The molecule has 0 radical (unpaired) electrons. The molecule has 2 N–H and O–H groups in total. The van der Waals surface area contributed by atoms with Crippen molar-refractivity contribution < 1.29 is 18.8 Å². The van der Waals surface area contributed by atoms with Gasteiger partial charge in [-0.1, -0.05) is 0 Å². The van der Waals surface area contributed by atoms with Crippen LogP contribution in [0.3, 0.4) is 0 Å². The molecule has 1 aliphatic heterocycles. The SMILES string of the molecule is NCC1CN(C(=O)c2ccc(F)cc2[N+](=O)[O-])CCO1. The molecule has 0 aromatic heterocycles. The molecule has 0 saturated carbocycles. The summed E-state index contributed by atoms with van der Waals surface area (Å²) in [5, 5.41) is 10.9. The van der Waals surface area contributed by atoms with Gasteiger partial charge in [0, 0.05) is 19.6 Å². The Bertz CT molecular complexity index is 537. The smallest absolute Gasteiger partial charge is 0.285 e. The van der Waals surface area contributed by atoms with Crippen LogP contribution in [0.4, 0.5) is 10.1 Å². The summed E-state index contributed by atoms with van der Waals surface area (Å²) in [6.45, 7) is 1.17. The molecule has 1 aromatic rings. The number of morpholine rings is 1. The number of ether oxygens (including phenoxy) is 1. The Hall–Kier alpha value is -2.06. The van der Waals surface area contributed by atoms with Gasteiger partial charge >= 0.3 is 0 Å². The molecule has 1 aliphatic rings. The zero-order chi connectivity index (χ0) is 14.7. The number of nitrogens with two attached hydrogens (primary N) is 1. The van der Waals surface area contributed by atoms with Crippen molar-refractivity contribution in [3.8, 4) is 0 Å². The first kappa shape index (κ1) is 14.4. The summed E-state index contributed by atoms with van der Waals surface area (Å²) in [6.07, 6.45) is -0.285. The first-order valence-corrected chi connectivity index (χ1v) is 6.08. The summed E-state index contributed by atoms with van der Waals surface area (Å²) in [6, 6.07) is 2.90. The molecule has 108 valence electrons. The topological polar surface area (TPSA) is 98.7 Å². The fraction of sp³-hybridized carbons (Fsp3) is 0.417. The van der Waals surface area contributed by atoms with E-state index in [0.717, 1.165) is 18.2 Å². The third kappa shape index (κ3) is 2.91. The monoisotopic (exact) mass is 283 g/mol. The lowest BCUT2D eigenvalue weighted by Gasteiger charge is -2.32. The van der Waals surface area contributed by atoms with Gasteiger partial charge in [-0.15, -0.1) is 0 Å². The first-order valence-electron chi connectivity index (χ1n) is 6.08. The highest BCUT2D eigenvalue weighted by Crippen LogP contribution is 2.22. The summed E-state index contributed by atoms with van der Waals surface area (Å²) in [7, 11) is 0. The lowest BCUT2D eigenvalue weighted by Crippen LogP contribution is -2.48. The quantitative estimate of drug-likeness (QED) is 0.644. The second kappa shape index (κ2) is 5.93. The fourth-order valence-corrected chi connectivity index (χ4v) is 2.05. The van der Waals surface area contributed by atoms with Gasteiger partial charge in [-0.3, -0.25) is 14.9 Å². The predicted octanol–water partition coefficient (Wildman–Crippen LogP) is 0.534. The standard InChI is InChI=1S/C12H14FN3O4/c13-8-1-2-10(11(5-8)16(18)19)12(17)15-3-4-20-9(6-14)7-15/h1-2,5,9H,3-4,6-7,14H2. The summed E-state index contributed by atoms with van der Waals surface area (Å²) in [5.41, 5.74) is 4.81. The van der Waals surface area contributed by atoms with E-state index < -0.39 is 22.3 Å². The van der Waals surface area contributed by atoms with E-state index in [1.807, 2.05) is 0 Å². The van der Waals surface area contributed by atoms with Crippen LogP contribution >= 0.6 is 0 Å². The second-order valence-corrected chi connectivity index (χ2v) is 4.40. The van der Waals surface area contributed by atoms with Crippen LogP contribution in [-0.2, 0) is 4.74 Å². The van der Waals surface area contributed by atoms with Gasteiger partial charge in [0.05, 0.1) is 23.7 Å². The van der Waals surface area contributed by atoms with Crippen LogP contribution in [0, 0.1) is 15.9 Å². The summed E-state index contributed by atoms with van der Waals surface area (Å²) < 4.78 is 18.4. The van der Waals surface area contributed by atoms with E-state index >= 15 is 0 Å². The highest BCUT2D eigenvalue weighted by atomic mass is 19.1. The van der Waals surface area contributed by atoms with Crippen molar-refractivity contribution in [3.05, 3.63) is 39.7 Å². The van der Waals surface area contributed by atoms with Crippen molar-refractivity contribution in [3.63, 3.8) is 0 Å². The van der Waals surface area contributed by atoms with Crippen molar-refractivity contribution in [2.45, 2.75) is 6.10 Å². The maximum Gasteiger partial charge on any atom is 0.285 e. The van der Waals surface area contributed by atoms with E-state index in [-0.39, 0.29) is 24.8 Å². The van der Waals surface area contributed by atoms with E-state index in [1.54, 1.807) is 0 Å². The van der Waals surface area contributed by atoms with Gasteiger partial charge < -0.3 is 15.4 Å². The molecular formula is C12H14FN3O4. The molecule has 1 saturated heterocycles. The summed E-state index contributed by atoms with van der Waals surface area (Å²) in [4.78, 5) is 23.9. The van der Waals surface area contributed by atoms with Crippen LogP contribution in [-0.4, -0.2) is 48.1 Å². The maximum absolute atomic E-state index is 13.1. The highest BCUT2D eigenvalue weighted by Gasteiger charge is 2.29. The first-order chi connectivity index (χ1) is 9.52. The number of halogens is 1. The molecule has 0 aliphatic carbocycles. The molecule has 1 aromatic carbocycles. The molecule has 0 spiro atoms. The summed E-state index contributed by atoms with van der Waals surface area (Å²) >= 11 is 0. The van der Waals surface area contributed by atoms with E-state index in [0.29, 0.717) is 13.2 Å². The van der Waals surface area contributed by atoms with Crippen LogP contribution in [0.2, 0.25) is 0 Å². The Balaban J connectivity index is 2.27. The van der Waals surface area contributed by atoms with Gasteiger partial charge in [0.15, 0.2) is 0 Å². The lowest BCUT2D eigenvalue weighted by atomic mass is 10.1. The Morgan fingerprint density at radius 3 is 3.00 bits per heavy atom. The third-order valence-corrected chi connectivity index (χ3v) is 3.08. The molecule has 1 fully saturated rings. The zero-order valence-corrected chi connectivity index (χ0v) is 10.6. The second-order valence-electron chi connectivity index (χ2n) is 4.40. The number of nitro groups is 1. The van der Waals surface area contributed by atoms with Crippen molar-refractivity contribution in [1.29, 1.82) is 0 Å². The number of nitrogens with zero attached hydrogens (tertiary/aromatic N) is 2. The Kier molecular flexibility index (Phi) is 4.26. The minimum Gasteiger partial charge on any atom is -0.373 e. The van der Waals surface area contributed by atoms with Gasteiger partial charge in [-0.05, 0) is 12.1 Å². The van der Waals surface area contributed by atoms with Gasteiger partial charge in [0.1, 0.15) is 11.4 Å². The number of hydrogen-bond donors (Lipinski definition) is 1. The number of nitro benzene ring substituents is 1. The molecule has 1 heterocycles. The van der Waals surface area contributed by atoms with E-state index in [4.69, 9.17) is 10.5 Å². The number of rotatable bonds is 3. The van der Waals surface area contributed by atoms with Gasteiger partial charge in [0.2, 0.25) is 0 Å². The number of carbonyl (C=O) groups excluding carboxylic acids is 1. The van der Waals surface area contributed by atoms with Crippen molar-refractivity contribution in [2.75, 3.05) is 26.2 Å². The van der Waals surface area contributed by atoms with E-state index in [1.165, 1.54) is 4.90 Å².